The SMILES string of the molecule is CCCNC(CSc1cccc(F)c1)C1CC1. The van der Waals surface area contributed by atoms with E-state index >= 15 is 0 Å². The second kappa shape index (κ2) is 6.41. The number of nitrogens with one attached hydrogen (secondary N) is 1. The van der Waals surface area contributed by atoms with Crippen LogP contribution in [0.2, 0.25) is 0 Å². The molecular weight excluding hydrogens is 233 g/mol. The summed E-state index contributed by atoms with van der Waals surface area (Å²) in [4.78, 5) is 1.04. The first-order valence-corrected chi connectivity index (χ1v) is 7.40. The van der Waals surface area contributed by atoms with Gasteiger partial charge in [-0.15, -0.1) is 11.8 Å². The molecule has 0 amide bonds. The molecule has 1 aromatic rings. The molecule has 1 unspecified atom stereocenters. The molecule has 1 aromatic carbocycles. The summed E-state index contributed by atoms with van der Waals surface area (Å²) in [5.74, 6) is 1.76. The molecule has 1 saturated carbocycles. The molecule has 1 atom stereocenters. The predicted octanol–water partition coefficient (Wildman–Crippen LogP) is 3.70. The smallest absolute Gasteiger partial charge is 0.124 e. The average Bonchev–Trinajstić information content (AvgIpc) is 3.13. The zero-order valence-electron chi connectivity index (χ0n) is 10.3. The van der Waals surface area contributed by atoms with Crippen LogP contribution >= 0.6 is 11.8 Å². The Hall–Kier alpha value is -0.540. The van der Waals surface area contributed by atoms with Gasteiger partial charge in [0.1, 0.15) is 5.82 Å². The Morgan fingerprint density at radius 1 is 1.47 bits per heavy atom. The molecular formula is C14H20FNS. The van der Waals surface area contributed by atoms with Crippen molar-refractivity contribution in [2.45, 2.75) is 37.1 Å². The van der Waals surface area contributed by atoms with Crippen LogP contribution in [0.25, 0.3) is 0 Å². The standard InChI is InChI=1S/C14H20FNS/c1-2-8-16-14(11-6-7-11)10-17-13-5-3-4-12(15)9-13/h3-5,9,11,14,16H,2,6-8,10H2,1H3. The van der Waals surface area contributed by atoms with Crippen molar-refractivity contribution in [2.75, 3.05) is 12.3 Å². The molecule has 1 N–H and O–H groups in total. The van der Waals surface area contributed by atoms with Crippen molar-refractivity contribution in [1.29, 1.82) is 0 Å². The van der Waals surface area contributed by atoms with Crippen LogP contribution in [-0.2, 0) is 0 Å². The molecule has 1 fully saturated rings. The van der Waals surface area contributed by atoms with Crippen LogP contribution in [0.5, 0.6) is 0 Å². The van der Waals surface area contributed by atoms with Gasteiger partial charge in [-0.25, -0.2) is 4.39 Å². The summed E-state index contributed by atoms with van der Waals surface area (Å²) in [6.07, 6.45) is 3.88. The maximum Gasteiger partial charge on any atom is 0.124 e. The van der Waals surface area contributed by atoms with E-state index in [1.807, 2.05) is 6.07 Å². The highest BCUT2D eigenvalue weighted by atomic mass is 32.2. The summed E-state index contributed by atoms with van der Waals surface area (Å²) >= 11 is 1.76. The predicted molar refractivity (Wildman–Crippen MR) is 71.9 cm³/mol. The van der Waals surface area contributed by atoms with E-state index in [2.05, 4.69) is 12.2 Å². The molecule has 3 heteroatoms. The van der Waals surface area contributed by atoms with Gasteiger partial charge in [-0.2, -0.15) is 0 Å². The molecule has 0 spiro atoms. The van der Waals surface area contributed by atoms with Crippen molar-refractivity contribution in [3.05, 3.63) is 30.1 Å². The van der Waals surface area contributed by atoms with E-state index in [9.17, 15) is 4.39 Å². The Kier molecular flexibility index (Phi) is 4.86. The van der Waals surface area contributed by atoms with Crippen molar-refractivity contribution in [3.63, 3.8) is 0 Å². The van der Waals surface area contributed by atoms with E-state index in [0.717, 1.165) is 23.1 Å². The monoisotopic (exact) mass is 253 g/mol. The molecule has 2 rings (SSSR count). The van der Waals surface area contributed by atoms with Crippen LogP contribution < -0.4 is 5.32 Å². The summed E-state index contributed by atoms with van der Waals surface area (Å²) in [6.45, 7) is 3.28. The molecule has 0 aliphatic heterocycles. The largest absolute Gasteiger partial charge is 0.313 e. The van der Waals surface area contributed by atoms with Crippen LogP contribution in [-0.4, -0.2) is 18.3 Å². The van der Waals surface area contributed by atoms with Crippen LogP contribution in [0.3, 0.4) is 0 Å². The van der Waals surface area contributed by atoms with Gasteiger partial charge in [-0.3, -0.25) is 0 Å². The first-order valence-electron chi connectivity index (χ1n) is 6.41. The lowest BCUT2D eigenvalue weighted by atomic mass is 10.2. The third-order valence-corrected chi connectivity index (χ3v) is 4.19. The minimum absolute atomic E-state index is 0.139. The normalized spacial score (nSPS) is 17.1. The lowest BCUT2D eigenvalue weighted by molar-refractivity contribution is 0.503. The molecule has 0 saturated heterocycles. The molecule has 0 aromatic heterocycles. The van der Waals surface area contributed by atoms with Gasteiger partial charge < -0.3 is 5.32 Å². The van der Waals surface area contributed by atoms with Crippen LogP contribution in [0, 0.1) is 11.7 Å². The van der Waals surface area contributed by atoms with Crippen molar-refractivity contribution >= 4 is 11.8 Å². The van der Waals surface area contributed by atoms with Crippen LogP contribution in [0.4, 0.5) is 4.39 Å². The minimum atomic E-state index is -0.139. The van der Waals surface area contributed by atoms with E-state index in [1.165, 1.54) is 25.3 Å². The van der Waals surface area contributed by atoms with Crippen molar-refractivity contribution in [1.82, 2.24) is 5.32 Å². The summed E-state index contributed by atoms with van der Waals surface area (Å²) in [6, 6.07) is 7.48. The quantitative estimate of drug-likeness (QED) is 0.744. The Balaban J connectivity index is 1.82. The molecule has 94 valence electrons. The number of rotatable bonds is 7. The maximum atomic E-state index is 13.0. The summed E-state index contributed by atoms with van der Waals surface area (Å²) in [7, 11) is 0. The number of hydrogen-bond donors (Lipinski definition) is 1. The van der Waals surface area contributed by atoms with Crippen LogP contribution in [0.15, 0.2) is 29.2 Å². The van der Waals surface area contributed by atoms with Gasteiger partial charge >= 0.3 is 0 Å². The highest BCUT2D eigenvalue weighted by Crippen LogP contribution is 2.35. The third kappa shape index (κ3) is 4.32. The number of halogens is 1. The fourth-order valence-corrected chi connectivity index (χ4v) is 3.07. The first-order chi connectivity index (χ1) is 8.29. The Bertz CT molecular complexity index is 352. The lowest BCUT2D eigenvalue weighted by Crippen LogP contribution is -2.33. The fourth-order valence-electron chi connectivity index (χ4n) is 1.93. The molecule has 0 bridgehead atoms. The highest BCUT2D eigenvalue weighted by Gasteiger charge is 2.30. The van der Waals surface area contributed by atoms with Gasteiger partial charge in [0.2, 0.25) is 0 Å². The van der Waals surface area contributed by atoms with Crippen molar-refractivity contribution in [2.24, 2.45) is 5.92 Å². The second-order valence-electron chi connectivity index (χ2n) is 4.67. The Labute approximate surface area is 107 Å². The molecule has 0 radical (unpaired) electrons. The van der Waals surface area contributed by atoms with Gasteiger partial charge in [0.25, 0.3) is 0 Å². The number of thioether (sulfide) groups is 1. The first kappa shape index (κ1) is 12.9. The molecule has 1 aliphatic rings. The van der Waals surface area contributed by atoms with Gasteiger partial charge in [-0.05, 0) is 49.9 Å². The van der Waals surface area contributed by atoms with Gasteiger partial charge in [-0.1, -0.05) is 13.0 Å². The van der Waals surface area contributed by atoms with E-state index in [4.69, 9.17) is 0 Å². The molecule has 1 aliphatic carbocycles. The van der Waals surface area contributed by atoms with E-state index < -0.39 is 0 Å². The highest BCUT2D eigenvalue weighted by molar-refractivity contribution is 7.99. The van der Waals surface area contributed by atoms with Gasteiger partial charge in [0.05, 0.1) is 0 Å². The zero-order chi connectivity index (χ0) is 12.1. The second-order valence-corrected chi connectivity index (χ2v) is 5.76. The summed E-state index contributed by atoms with van der Waals surface area (Å²) in [5, 5.41) is 3.60. The minimum Gasteiger partial charge on any atom is -0.313 e. The van der Waals surface area contributed by atoms with Gasteiger partial charge in [0.15, 0.2) is 0 Å². The zero-order valence-corrected chi connectivity index (χ0v) is 11.1. The van der Waals surface area contributed by atoms with Crippen molar-refractivity contribution in [3.8, 4) is 0 Å². The van der Waals surface area contributed by atoms with Gasteiger partial charge in [0, 0.05) is 16.7 Å². The Morgan fingerprint density at radius 3 is 2.94 bits per heavy atom. The fraction of sp³-hybridized carbons (Fsp3) is 0.571. The molecule has 0 heterocycles. The average molecular weight is 253 g/mol. The number of hydrogen-bond acceptors (Lipinski definition) is 2. The molecule has 1 nitrogen and oxygen atoms in total. The van der Waals surface area contributed by atoms with Crippen LogP contribution in [0.1, 0.15) is 26.2 Å². The van der Waals surface area contributed by atoms with E-state index in [1.54, 1.807) is 23.9 Å². The number of benzene rings is 1. The van der Waals surface area contributed by atoms with Crippen molar-refractivity contribution < 1.29 is 4.39 Å². The summed E-state index contributed by atoms with van der Waals surface area (Å²) in [5.41, 5.74) is 0. The van der Waals surface area contributed by atoms with E-state index in [-0.39, 0.29) is 5.82 Å². The lowest BCUT2D eigenvalue weighted by Gasteiger charge is -2.17. The van der Waals surface area contributed by atoms with E-state index in [0.29, 0.717) is 6.04 Å². The Morgan fingerprint density at radius 2 is 2.29 bits per heavy atom. The molecule has 17 heavy (non-hydrogen) atoms. The topological polar surface area (TPSA) is 12.0 Å². The maximum absolute atomic E-state index is 13.0. The summed E-state index contributed by atoms with van der Waals surface area (Å²) < 4.78 is 13.0. The third-order valence-electron chi connectivity index (χ3n) is 3.07.